The number of nitrogens with zero attached hydrogens (tertiary/aromatic N) is 4. The van der Waals surface area contributed by atoms with E-state index in [0.717, 1.165) is 54.6 Å². The third-order valence-electron chi connectivity index (χ3n) is 7.51. The molecule has 1 aliphatic carbocycles. The average Bonchev–Trinajstić information content (AvgIpc) is 3.56. The zero-order chi connectivity index (χ0) is 22.5. The van der Waals surface area contributed by atoms with Gasteiger partial charge in [-0.3, -0.25) is 9.69 Å². The van der Waals surface area contributed by atoms with Crippen molar-refractivity contribution in [3.8, 4) is 5.69 Å². The topological polar surface area (TPSA) is 41.4 Å². The molecular formula is C27H29ClN4O. The molecule has 0 N–H and O–H groups in total. The highest BCUT2D eigenvalue weighted by Gasteiger charge is 2.51. The molecule has 2 aromatic carbocycles. The van der Waals surface area contributed by atoms with Crippen LogP contribution in [0.15, 0.2) is 54.6 Å². The van der Waals surface area contributed by atoms with E-state index >= 15 is 0 Å². The summed E-state index contributed by atoms with van der Waals surface area (Å²) in [6.45, 7) is 4.90. The number of amides is 1. The maximum atomic E-state index is 13.9. The van der Waals surface area contributed by atoms with E-state index in [1.54, 1.807) is 0 Å². The smallest absolute Gasteiger partial charge is 0.273 e. The molecule has 1 atom stereocenters. The molecule has 3 aromatic rings. The Bertz CT molecular complexity index is 1180. The summed E-state index contributed by atoms with van der Waals surface area (Å²) in [6, 6.07) is 18.6. The predicted molar refractivity (Wildman–Crippen MR) is 130 cm³/mol. The summed E-state index contributed by atoms with van der Waals surface area (Å²) >= 11 is 6.39. The minimum atomic E-state index is 0.163. The second-order valence-corrected chi connectivity index (χ2v) is 10.1. The van der Waals surface area contributed by atoms with Gasteiger partial charge in [-0.15, -0.1) is 0 Å². The number of benzene rings is 2. The Hall–Kier alpha value is -2.63. The maximum absolute atomic E-state index is 13.9. The Morgan fingerprint density at radius 3 is 2.36 bits per heavy atom. The lowest BCUT2D eigenvalue weighted by atomic mass is 9.98. The van der Waals surface area contributed by atoms with Crippen molar-refractivity contribution in [2.24, 2.45) is 5.92 Å². The van der Waals surface area contributed by atoms with Crippen LogP contribution in [-0.2, 0) is 6.54 Å². The average molecular weight is 461 g/mol. The van der Waals surface area contributed by atoms with Crippen LogP contribution in [0.4, 0.5) is 0 Å². The molecule has 3 heterocycles. The number of para-hydroxylation sites is 1. The van der Waals surface area contributed by atoms with E-state index in [4.69, 9.17) is 16.7 Å². The van der Waals surface area contributed by atoms with Crippen molar-refractivity contribution >= 4 is 17.5 Å². The molecule has 2 aliphatic heterocycles. The Labute approximate surface area is 199 Å². The van der Waals surface area contributed by atoms with Gasteiger partial charge in [-0.2, -0.15) is 5.10 Å². The number of carbonyl (C=O) groups excluding carboxylic acids is 1. The van der Waals surface area contributed by atoms with E-state index in [-0.39, 0.29) is 18.0 Å². The van der Waals surface area contributed by atoms with E-state index in [1.807, 2.05) is 53.2 Å². The summed E-state index contributed by atoms with van der Waals surface area (Å²) in [5, 5.41) is 5.64. The van der Waals surface area contributed by atoms with Crippen LogP contribution in [0.3, 0.4) is 0 Å². The van der Waals surface area contributed by atoms with E-state index in [1.165, 1.54) is 24.0 Å². The van der Waals surface area contributed by atoms with E-state index < -0.39 is 0 Å². The molecule has 6 heteroatoms. The molecule has 33 heavy (non-hydrogen) atoms. The van der Waals surface area contributed by atoms with Crippen molar-refractivity contribution in [3.05, 3.63) is 82.1 Å². The van der Waals surface area contributed by atoms with E-state index in [0.29, 0.717) is 5.92 Å². The van der Waals surface area contributed by atoms with Crippen molar-refractivity contribution < 1.29 is 4.79 Å². The SMILES string of the molecule is Cc1nn(-c2ccccc2)c2c1C(C1CC1)N(C1CCN(Cc3ccccc3Cl)CC1)C2=O. The van der Waals surface area contributed by atoms with Gasteiger partial charge < -0.3 is 4.90 Å². The highest BCUT2D eigenvalue weighted by atomic mass is 35.5. The number of aryl methyl sites for hydroxylation is 1. The van der Waals surface area contributed by atoms with Crippen LogP contribution < -0.4 is 0 Å². The normalized spacial score (nSPS) is 21.6. The Balaban J connectivity index is 1.25. The third-order valence-corrected chi connectivity index (χ3v) is 7.88. The predicted octanol–water partition coefficient (Wildman–Crippen LogP) is 5.41. The van der Waals surface area contributed by atoms with Crippen LogP contribution in [0.1, 0.15) is 59.0 Å². The number of aromatic nitrogens is 2. The number of hydrogen-bond donors (Lipinski definition) is 0. The molecule has 1 unspecified atom stereocenters. The van der Waals surface area contributed by atoms with Crippen LogP contribution in [0.2, 0.25) is 5.02 Å². The minimum Gasteiger partial charge on any atom is -0.327 e. The molecule has 1 amide bonds. The second-order valence-electron chi connectivity index (χ2n) is 9.69. The van der Waals surface area contributed by atoms with Gasteiger partial charge in [0.25, 0.3) is 5.91 Å². The van der Waals surface area contributed by atoms with Crippen molar-refractivity contribution in [2.45, 2.75) is 51.2 Å². The van der Waals surface area contributed by atoms with E-state index in [2.05, 4.69) is 22.8 Å². The lowest BCUT2D eigenvalue weighted by Crippen LogP contribution is -2.47. The summed E-state index contributed by atoms with van der Waals surface area (Å²) in [5.41, 5.74) is 5.09. The fourth-order valence-electron chi connectivity index (χ4n) is 5.73. The molecule has 3 aliphatic rings. The largest absolute Gasteiger partial charge is 0.327 e. The standard InChI is InChI=1S/C27H29ClN4O/c1-18-24-25(19-11-12-19)31(27(33)26(24)32(29-18)22-8-3-2-4-9-22)21-13-15-30(16-14-21)17-20-7-5-6-10-23(20)28/h2-10,19,21,25H,11-17H2,1H3. The number of likely N-dealkylation sites (tertiary alicyclic amines) is 1. The van der Waals surface area contributed by atoms with Gasteiger partial charge in [0, 0.05) is 36.3 Å². The monoisotopic (exact) mass is 460 g/mol. The maximum Gasteiger partial charge on any atom is 0.273 e. The van der Waals surface area contributed by atoms with Gasteiger partial charge >= 0.3 is 0 Å². The molecule has 1 saturated carbocycles. The van der Waals surface area contributed by atoms with Gasteiger partial charge in [-0.05, 0) is 62.3 Å². The number of carbonyl (C=O) groups is 1. The van der Waals surface area contributed by atoms with Crippen LogP contribution >= 0.6 is 11.6 Å². The summed E-state index contributed by atoms with van der Waals surface area (Å²) in [5.74, 6) is 0.736. The van der Waals surface area contributed by atoms with Gasteiger partial charge in [0.2, 0.25) is 0 Å². The Morgan fingerprint density at radius 2 is 1.67 bits per heavy atom. The molecule has 0 bridgehead atoms. The molecule has 5 nitrogen and oxygen atoms in total. The Morgan fingerprint density at radius 1 is 0.970 bits per heavy atom. The van der Waals surface area contributed by atoms with E-state index in [9.17, 15) is 4.79 Å². The first-order valence-corrected chi connectivity index (χ1v) is 12.4. The molecule has 1 aromatic heterocycles. The van der Waals surface area contributed by atoms with Crippen molar-refractivity contribution in [1.82, 2.24) is 19.6 Å². The minimum absolute atomic E-state index is 0.163. The molecule has 2 fully saturated rings. The summed E-state index contributed by atoms with van der Waals surface area (Å²) in [4.78, 5) is 18.6. The molecular weight excluding hydrogens is 432 g/mol. The highest BCUT2D eigenvalue weighted by molar-refractivity contribution is 6.31. The van der Waals surface area contributed by atoms with Crippen molar-refractivity contribution in [2.75, 3.05) is 13.1 Å². The van der Waals surface area contributed by atoms with Gasteiger partial charge in [0.15, 0.2) is 0 Å². The molecule has 0 spiro atoms. The van der Waals surface area contributed by atoms with Crippen LogP contribution in [0, 0.1) is 12.8 Å². The number of piperidine rings is 1. The highest BCUT2D eigenvalue weighted by Crippen LogP contribution is 2.52. The van der Waals surface area contributed by atoms with Crippen LogP contribution in [-0.4, -0.2) is 44.6 Å². The van der Waals surface area contributed by atoms with Gasteiger partial charge in [-0.25, -0.2) is 4.68 Å². The fourth-order valence-corrected chi connectivity index (χ4v) is 5.93. The molecule has 6 rings (SSSR count). The van der Waals surface area contributed by atoms with Crippen molar-refractivity contribution in [3.63, 3.8) is 0 Å². The lowest BCUT2D eigenvalue weighted by Gasteiger charge is -2.40. The quantitative estimate of drug-likeness (QED) is 0.511. The summed E-state index contributed by atoms with van der Waals surface area (Å²) in [7, 11) is 0. The van der Waals surface area contributed by atoms with Crippen molar-refractivity contribution in [1.29, 1.82) is 0 Å². The van der Waals surface area contributed by atoms with Gasteiger partial charge in [-0.1, -0.05) is 48.0 Å². The number of rotatable bonds is 5. The molecule has 0 radical (unpaired) electrons. The Kier molecular flexibility index (Phi) is 5.27. The first-order valence-electron chi connectivity index (χ1n) is 12.0. The first kappa shape index (κ1) is 20.9. The number of hydrogen-bond acceptors (Lipinski definition) is 3. The van der Waals surface area contributed by atoms with Gasteiger partial charge in [0.1, 0.15) is 5.69 Å². The van der Waals surface area contributed by atoms with Crippen LogP contribution in [0.5, 0.6) is 0 Å². The van der Waals surface area contributed by atoms with Crippen LogP contribution in [0.25, 0.3) is 5.69 Å². The zero-order valence-electron chi connectivity index (χ0n) is 19.0. The summed E-state index contributed by atoms with van der Waals surface area (Å²) in [6.07, 6.45) is 4.41. The lowest BCUT2D eigenvalue weighted by molar-refractivity contribution is 0.0448. The zero-order valence-corrected chi connectivity index (χ0v) is 19.7. The third kappa shape index (κ3) is 3.68. The van der Waals surface area contributed by atoms with Gasteiger partial charge in [0.05, 0.1) is 17.4 Å². The molecule has 170 valence electrons. The number of fused-ring (bicyclic) bond motifs is 1. The summed E-state index contributed by atoms with van der Waals surface area (Å²) < 4.78 is 1.88. The number of halogens is 1. The first-order chi connectivity index (χ1) is 16.1. The molecule has 1 saturated heterocycles. The fraction of sp³-hybridized carbons (Fsp3) is 0.407. The second kappa shape index (κ2) is 8.30.